The van der Waals surface area contributed by atoms with E-state index in [0.29, 0.717) is 6.54 Å². The maximum Gasteiger partial charge on any atom is 0.273 e. The number of nitrogens with zero attached hydrogens (tertiary/aromatic N) is 3. The lowest BCUT2D eigenvalue weighted by molar-refractivity contribution is 0.0935. The first-order valence-electron chi connectivity index (χ1n) is 6.87. The summed E-state index contributed by atoms with van der Waals surface area (Å²) in [4.78, 5) is 12.0. The molecule has 2 aromatic rings. The molecule has 2 heterocycles. The van der Waals surface area contributed by atoms with E-state index in [0.717, 1.165) is 25.1 Å². The molecule has 1 aliphatic heterocycles. The van der Waals surface area contributed by atoms with E-state index in [1.807, 2.05) is 0 Å². The molecule has 0 spiro atoms. The predicted molar refractivity (Wildman–Crippen MR) is 74.3 cm³/mol. The third-order valence-electron chi connectivity index (χ3n) is 3.40. The first-order chi connectivity index (χ1) is 10.2. The average Bonchev–Trinajstić information content (AvgIpc) is 3.10. The molecule has 21 heavy (non-hydrogen) atoms. The SMILES string of the molecule is O=C(NC1CCNC1)c1cn(Cc2cccc(F)c2)nn1. The van der Waals surface area contributed by atoms with Gasteiger partial charge in [0.2, 0.25) is 0 Å². The molecule has 110 valence electrons. The Morgan fingerprint density at radius 3 is 3.19 bits per heavy atom. The van der Waals surface area contributed by atoms with E-state index in [9.17, 15) is 9.18 Å². The Bertz CT molecular complexity index is 636. The molecule has 2 N–H and O–H groups in total. The molecule has 1 aliphatic rings. The first kappa shape index (κ1) is 13.7. The van der Waals surface area contributed by atoms with E-state index < -0.39 is 0 Å². The van der Waals surface area contributed by atoms with Crippen molar-refractivity contribution in [2.45, 2.75) is 19.0 Å². The fourth-order valence-electron chi connectivity index (χ4n) is 2.34. The Morgan fingerprint density at radius 1 is 1.52 bits per heavy atom. The van der Waals surface area contributed by atoms with Crippen molar-refractivity contribution in [3.63, 3.8) is 0 Å². The van der Waals surface area contributed by atoms with E-state index in [-0.39, 0.29) is 23.5 Å². The van der Waals surface area contributed by atoms with Gasteiger partial charge in [-0.15, -0.1) is 5.10 Å². The van der Waals surface area contributed by atoms with Gasteiger partial charge in [0.15, 0.2) is 5.69 Å². The third kappa shape index (κ3) is 3.43. The zero-order valence-corrected chi connectivity index (χ0v) is 11.4. The molecule has 0 saturated carbocycles. The molecule has 0 bridgehead atoms. The quantitative estimate of drug-likeness (QED) is 0.862. The molecule has 1 atom stereocenters. The minimum atomic E-state index is -0.292. The van der Waals surface area contributed by atoms with Crippen molar-refractivity contribution >= 4 is 5.91 Å². The molecule has 1 fully saturated rings. The lowest BCUT2D eigenvalue weighted by Gasteiger charge is -2.08. The fraction of sp³-hybridized carbons (Fsp3) is 0.357. The maximum atomic E-state index is 13.1. The number of carbonyl (C=O) groups excluding carboxylic acids is 1. The second-order valence-electron chi connectivity index (χ2n) is 5.09. The van der Waals surface area contributed by atoms with Gasteiger partial charge >= 0.3 is 0 Å². The lowest BCUT2D eigenvalue weighted by Crippen LogP contribution is -2.36. The molecule has 7 heteroatoms. The van der Waals surface area contributed by atoms with Gasteiger partial charge in [-0.05, 0) is 30.7 Å². The average molecular weight is 289 g/mol. The van der Waals surface area contributed by atoms with Crippen molar-refractivity contribution in [1.82, 2.24) is 25.6 Å². The van der Waals surface area contributed by atoms with E-state index in [4.69, 9.17) is 0 Å². The van der Waals surface area contributed by atoms with Gasteiger partial charge in [-0.2, -0.15) is 0 Å². The summed E-state index contributed by atoms with van der Waals surface area (Å²) in [5.74, 6) is -0.520. The highest BCUT2D eigenvalue weighted by molar-refractivity contribution is 5.92. The highest BCUT2D eigenvalue weighted by Gasteiger charge is 2.19. The van der Waals surface area contributed by atoms with Crippen LogP contribution >= 0.6 is 0 Å². The van der Waals surface area contributed by atoms with Crippen LogP contribution in [0.4, 0.5) is 4.39 Å². The molecule has 1 aromatic carbocycles. The number of nitrogens with one attached hydrogen (secondary N) is 2. The minimum Gasteiger partial charge on any atom is -0.347 e. The van der Waals surface area contributed by atoms with E-state index in [2.05, 4.69) is 20.9 Å². The van der Waals surface area contributed by atoms with Gasteiger partial charge in [0.25, 0.3) is 5.91 Å². The Hall–Kier alpha value is -2.28. The Labute approximate surface area is 121 Å². The summed E-state index contributed by atoms with van der Waals surface area (Å²) in [6.45, 7) is 2.07. The predicted octanol–water partition coefficient (Wildman–Crippen LogP) is 0.557. The topological polar surface area (TPSA) is 71.8 Å². The Balaban J connectivity index is 1.64. The maximum absolute atomic E-state index is 13.1. The zero-order chi connectivity index (χ0) is 14.7. The van der Waals surface area contributed by atoms with Crippen LogP contribution in [-0.2, 0) is 6.54 Å². The first-order valence-corrected chi connectivity index (χ1v) is 6.87. The summed E-state index contributed by atoms with van der Waals surface area (Å²) in [5, 5.41) is 13.9. The van der Waals surface area contributed by atoms with Crippen molar-refractivity contribution in [1.29, 1.82) is 0 Å². The van der Waals surface area contributed by atoms with Crippen LogP contribution in [0.3, 0.4) is 0 Å². The number of hydrogen-bond acceptors (Lipinski definition) is 4. The van der Waals surface area contributed by atoms with Gasteiger partial charge in [0, 0.05) is 12.6 Å². The standard InChI is InChI=1S/C14H16FN5O/c15-11-3-1-2-10(6-11)8-20-9-13(18-19-20)14(21)17-12-4-5-16-7-12/h1-3,6,9,12,16H,4-5,7-8H2,(H,17,21). The van der Waals surface area contributed by atoms with E-state index in [1.165, 1.54) is 16.8 Å². The van der Waals surface area contributed by atoms with Crippen molar-refractivity contribution in [3.8, 4) is 0 Å². The van der Waals surface area contributed by atoms with E-state index >= 15 is 0 Å². The number of hydrogen-bond donors (Lipinski definition) is 2. The Morgan fingerprint density at radius 2 is 2.43 bits per heavy atom. The smallest absolute Gasteiger partial charge is 0.273 e. The van der Waals surface area contributed by atoms with Crippen LogP contribution in [0.1, 0.15) is 22.5 Å². The van der Waals surface area contributed by atoms with Crippen LogP contribution in [0.5, 0.6) is 0 Å². The molecule has 3 rings (SSSR count). The summed E-state index contributed by atoms with van der Waals surface area (Å²) < 4.78 is 14.6. The summed E-state index contributed by atoms with van der Waals surface area (Å²) in [6.07, 6.45) is 2.49. The van der Waals surface area contributed by atoms with Crippen molar-refractivity contribution in [2.24, 2.45) is 0 Å². The molecule has 1 aromatic heterocycles. The van der Waals surface area contributed by atoms with Crippen molar-refractivity contribution in [2.75, 3.05) is 13.1 Å². The number of rotatable bonds is 4. The van der Waals surface area contributed by atoms with Gasteiger partial charge in [-0.25, -0.2) is 9.07 Å². The number of halogens is 1. The van der Waals surface area contributed by atoms with E-state index in [1.54, 1.807) is 18.3 Å². The lowest BCUT2D eigenvalue weighted by atomic mass is 10.2. The normalized spacial score (nSPS) is 17.9. The minimum absolute atomic E-state index is 0.144. The molecule has 1 amide bonds. The molecule has 0 radical (unpaired) electrons. The van der Waals surface area contributed by atoms with Gasteiger partial charge in [-0.1, -0.05) is 17.3 Å². The number of benzene rings is 1. The molecule has 6 nitrogen and oxygen atoms in total. The van der Waals surface area contributed by atoms with Crippen LogP contribution in [0.25, 0.3) is 0 Å². The summed E-state index contributed by atoms with van der Waals surface area (Å²) in [7, 11) is 0. The molecule has 1 unspecified atom stereocenters. The van der Waals surface area contributed by atoms with Crippen molar-refractivity contribution < 1.29 is 9.18 Å². The molecule has 0 aliphatic carbocycles. The van der Waals surface area contributed by atoms with Crippen molar-refractivity contribution in [3.05, 3.63) is 47.5 Å². The van der Waals surface area contributed by atoms with Crippen LogP contribution < -0.4 is 10.6 Å². The zero-order valence-electron chi connectivity index (χ0n) is 11.4. The number of amides is 1. The van der Waals surface area contributed by atoms with Crippen LogP contribution in [-0.4, -0.2) is 40.0 Å². The van der Waals surface area contributed by atoms with Crippen LogP contribution in [0.15, 0.2) is 30.5 Å². The Kier molecular flexibility index (Phi) is 3.92. The second-order valence-corrected chi connectivity index (χ2v) is 5.09. The fourth-order valence-corrected chi connectivity index (χ4v) is 2.34. The molecular weight excluding hydrogens is 273 g/mol. The number of carbonyl (C=O) groups is 1. The van der Waals surface area contributed by atoms with Gasteiger partial charge in [0.1, 0.15) is 5.82 Å². The van der Waals surface area contributed by atoms with Gasteiger partial charge < -0.3 is 10.6 Å². The monoisotopic (exact) mass is 289 g/mol. The molecular formula is C14H16FN5O. The summed E-state index contributed by atoms with van der Waals surface area (Å²) in [6, 6.07) is 6.41. The van der Waals surface area contributed by atoms with Crippen LogP contribution in [0, 0.1) is 5.82 Å². The number of aromatic nitrogens is 3. The van der Waals surface area contributed by atoms with Crippen LogP contribution in [0.2, 0.25) is 0 Å². The largest absolute Gasteiger partial charge is 0.347 e. The second kappa shape index (κ2) is 6.01. The highest BCUT2D eigenvalue weighted by atomic mass is 19.1. The summed E-state index contributed by atoms with van der Waals surface area (Å²) in [5.41, 5.74) is 1.05. The van der Waals surface area contributed by atoms with Gasteiger partial charge in [0.05, 0.1) is 12.7 Å². The highest BCUT2D eigenvalue weighted by Crippen LogP contribution is 2.06. The van der Waals surface area contributed by atoms with Gasteiger partial charge in [-0.3, -0.25) is 4.79 Å². The summed E-state index contributed by atoms with van der Waals surface area (Å²) >= 11 is 0. The molecule has 1 saturated heterocycles. The third-order valence-corrected chi connectivity index (χ3v) is 3.40.